The zero-order chi connectivity index (χ0) is 12.3. The molecule has 18 heavy (non-hydrogen) atoms. The third kappa shape index (κ3) is 1.33. The number of phenolic OH excluding ortho intramolecular Hbond substituents is 1. The molecule has 2 heteroatoms. The van der Waals surface area contributed by atoms with E-state index in [0.29, 0.717) is 11.8 Å². The molecule has 2 N–H and O–H groups in total. The van der Waals surface area contributed by atoms with Crippen LogP contribution in [0.15, 0.2) is 24.3 Å². The molecule has 4 aliphatic carbocycles. The minimum Gasteiger partial charge on any atom is -0.508 e. The molecule has 0 radical (unpaired) electrons. The second-order valence-electron chi connectivity index (χ2n) is 6.68. The maximum atomic E-state index is 11.3. The van der Waals surface area contributed by atoms with Crippen LogP contribution in [0.5, 0.6) is 5.75 Å². The van der Waals surface area contributed by atoms with Crippen LogP contribution in [0.2, 0.25) is 0 Å². The molecule has 0 spiro atoms. The van der Waals surface area contributed by atoms with Crippen molar-refractivity contribution in [1.82, 2.24) is 0 Å². The van der Waals surface area contributed by atoms with Gasteiger partial charge in [0.2, 0.25) is 0 Å². The number of aliphatic hydroxyl groups is 1. The summed E-state index contributed by atoms with van der Waals surface area (Å²) in [4.78, 5) is 0. The maximum absolute atomic E-state index is 11.3. The van der Waals surface area contributed by atoms with E-state index in [1.165, 1.54) is 32.1 Å². The Kier molecular flexibility index (Phi) is 2.12. The molecule has 1 aromatic carbocycles. The molecule has 4 fully saturated rings. The molecule has 0 atom stereocenters. The summed E-state index contributed by atoms with van der Waals surface area (Å²) in [6, 6.07) is 7.29. The highest BCUT2D eigenvalue weighted by atomic mass is 16.3. The Balaban J connectivity index is 1.78. The van der Waals surface area contributed by atoms with Crippen molar-refractivity contribution in [1.29, 1.82) is 0 Å². The third-order valence-corrected chi connectivity index (χ3v) is 5.69. The first-order valence-corrected chi connectivity index (χ1v) is 7.18. The SMILES string of the molecule is Oc1cccc(C2(O)C3CC4CC(C3)CC2C4)c1. The van der Waals surface area contributed by atoms with Gasteiger partial charge in [0.25, 0.3) is 0 Å². The fourth-order valence-corrected chi connectivity index (χ4v) is 5.13. The van der Waals surface area contributed by atoms with Crippen LogP contribution in [-0.4, -0.2) is 10.2 Å². The van der Waals surface area contributed by atoms with Crippen molar-refractivity contribution in [2.24, 2.45) is 23.7 Å². The molecule has 4 saturated carbocycles. The van der Waals surface area contributed by atoms with Crippen molar-refractivity contribution in [3.05, 3.63) is 29.8 Å². The lowest BCUT2D eigenvalue weighted by molar-refractivity contribution is -0.179. The predicted molar refractivity (Wildman–Crippen MR) is 69.0 cm³/mol. The number of hydrogen-bond acceptors (Lipinski definition) is 2. The van der Waals surface area contributed by atoms with Gasteiger partial charge >= 0.3 is 0 Å². The van der Waals surface area contributed by atoms with Gasteiger partial charge < -0.3 is 10.2 Å². The number of phenols is 1. The van der Waals surface area contributed by atoms with Gasteiger partial charge in [-0.15, -0.1) is 0 Å². The van der Waals surface area contributed by atoms with Gasteiger partial charge in [-0.2, -0.15) is 0 Å². The summed E-state index contributed by atoms with van der Waals surface area (Å²) in [6.07, 6.45) is 6.11. The highest BCUT2D eigenvalue weighted by molar-refractivity contribution is 5.34. The second-order valence-corrected chi connectivity index (χ2v) is 6.68. The van der Waals surface area contributed by atoms with Crippen molar-refractivity contribution >= 4 is 0 Å². The van der Waals surface area contributed by atoms with Gasteiger partial charge in [0.05, 0.1) is 5.60 Å². The quantitative estimate of drug-likeness (QED) is 0.797. The van der Waals surface area contributed by atoms with Crippen molar-refractivity contribution in [3.8, 4) is 5.75 Å². The Morgan fingerprint density at radius 2 is 1.56 bits per heavy atom. The van der Waals surface area contributed by atoms with E-state index < -0.39 is 5.60 Å². The Labute approximate surface area is 108 Å². The molecule has 1 aromatic rings. The van der Waals surface area contributed by atoms with E-state index in [2.05, 4.69) is 0 Å². The van der Waals surface area contributed by atoms with Crippen LogP contribution in [-0.2, 0) is 5.60 Å². The fourth-order valence-electron chi connectivity index (χ4n) is 5.13. The third-order valence-electron chi connectivity index (χ3n) is 5.69. The summed E-state index contributed by atoms with van der Waals surface area (Å²) >= 11 is 0. The molecule has 0 saturated heterocycles. The molecule has 4 aliphatic rings. The topological polar surface area (TPSA) is 40.5 Å². The van der Waals surface area contributed by atoms with Gasteiger partial charge in [-0.25, -0.2) is 0 Å². The standard InChI is InChI=1S/C16H20O2/c17-15-3-1-2-12(9-15)16(18)13-5-10-4-11(7-13)8-14(16)6-10/h1-3,9-11,13-14,17-18H,4-8H2. The van der Waals surface area contributed by atoms with E-state index in [1.807, 2.05) is 12.1 Å². The monoisotopic (exact) mass is 244 g/mol. The number of rotatable bonds is 1. The first-order valence-electron chi connectivity index (χ1n) is 7.18. The van der Waals surface area contributed by atoms with Crippen molar-refractivity contribution < 1.29 is 10.2 Å². The fraction of sp³-hybridized carbons (Fsp3) is 0.625. The molecule has 0 heterocycles. The lowest BCUT2D eigenvalue weighted by atomic mass is 9.48. The largest absolute Gasteiger partial charge is 0.508 e. The smallest absolute Gasteiger partial charge is 0.115 e. The highest BCUT2D eigenvalue weighted by Gasteiger charge is 2.57. The van der Waals surface area contributed by atoms with E-state index >= 15 is 0 Å². The first kappa shape index (κ1) is 10.9. The van der Waals surface area contributed by atoms with Crippen LogP contribution in [0.25, 0.3) is 0 Å². The van der Waals surface area contributed by atoms with Crippen LogP contribution >= 0.6 is 0 Å². The number of benzene rings is 1. The molecular weight excluding hydrogens is 224 g/mol. The molecule has 96 valence electrons. The number of hydrogen-bond donors (Lipinski definition) is 2. The summed E-state index contributed by atoms with van der Waals surface area (Å²) in [6.45, 7) is 0. The minimum absolute atomic E-state index is 0.273. The molecule has 0 aliphatic heterocycles. The molecule has 2 nitrogen and oxygen atoms in total. The van der Waals surface area contributed by atoms with E-state index in [1.54, 1.807) is 12.1 Å². The molecule has 5 rings (SSSR count). The Hall–Kier alpha value is -1.02. The Morgan fingerprint density at radius 1 is 0.944 bits per heavy atom. The molecule has 0 aromatic heterocycles. The average Bonchev–Trinajstić information content (AvgIpc) is 2.35. The average molecular weight is 244 g/mol. The van der Waals surface area contributed by atoms with Gasteiger partial charge in [0.1, 0.15) is 5.75 Å². The molecule has 0 amide bonds. The lowest BCUT2D eigenvalue weighted by Gasteiger charge is -2.59. The van der Waals surface area contributed by atoms with E-state index in [4.69, 9.17) is 0 Å². The van der Waals surface area contributed by atoms with Crippen LogP contribution in [0.4, 0.5) is 0 Å². The van der Waals surface area contributed by atoms with Crippen molar-refractivity contribution in [2.45, 2.75) is 37.7 Å². The van der Waals surface area contributed by atoms with Gasteiger partial charge in [-0.3, -0.25) is 0 Å². The lowest BCUT2D eigenvalue weighted by Crippen LogP contribution is -2.55. The first-order chi connectivity index (χ1) is 8.66. The van der Waals surface area contributed by atoms with Gasteiger partial charge in [-0.05, 0) is 73.5 Å². The summed E-state index contributed by atoms with van der Waals surface area (Å²) in [7, 11) is 0. The summed E-state index contributed by atoms with van der Waals surface area (Å²) in [5.74, 6) is 2.80. The van der Waals surface area contributed by atoms with E-state index in [-0.39, 0.29) is 5.75 Å². The van der Waals surface area contributed by atoms with E-state index in [0.717, 1.165) is 17.4 Å². The normalized spacial score (nSPS) is 45.4. The van der Waals surface area contributed by atoms with E-state index in [9.17, 15) is 10.2 Å². The van der Waals surface area contributed by atoms with Gasteiger partial charge in [0.15, 0.2) is 0 Å². The minimum atomic E-state index is -0.674. The van der Waals surface area contributed by atoms with Gasteiger partial charge in [-0.1, -0.05) is 12.1 Å². The summed E-state index contributed by atoms with van der Waals surface area (Å²) in [5, 5.41) is 20.9. The van der Waals surface area contributed by atoms with Crippen molar-refractivity contribution in [2.75, 3.05) is 0 Å². The molecular formula is C16H20O2. The summed E-state index contributed by atoms with van der Waals surface area (Å²) < 4.78 is 0. The Bertz CT molecular complexity index is 452. The Morgan fingerprint density at radius 3 is 2.11 bits per heavy atom. The van der Waals surface area contributed by atoms with Crippen LogP contribution in [0.3, 0.4) is 0 Å². The zero-order valence-electron chi connectivity index (χ0n) is 10.5. The van der Waals surface area contributed by atoms with Crippen LogP contribution < -0.4 is 0 Å². The summed E-state index contributed by atoms with van der Waals surface area (Å²) in [5.41, 5.74) is 0.267. The zero-order valence-corrected chi connectivity index (χ0v) is 10.5. The van der Waals surface area contributed by atoms with Crippen LogP contribution in [0, 0.1) is 23.7 Å². The maximum Gasteiger partial charge on any atom is 0.115 e. The predicted octanol–water partition coefficient (Wildman–Crippen LogP) is 3.04. The van der Waals surface area contributed by atoms with Crippen molar-refractivity contribution in [3.63, 3.8) is 0 Å². The molecule has 0 unspecified atom stereocenters. The second kappa shape index (κ2) is 3.51. The molecule has 4 bridgehead atoms. The highest BCUT2D eigenvalue weighted by Crippen LogP contribution is 2.61. The van der Waals surface area contributed by atoms with Gasteiger partial charge in [0, 0.05) is 0 Å². The number of aromatic hydroxyl groups is 1. The van der Waals surface area contributed by atoms with Crippen LogP contribution in [0.1, 0.15) is 37.7 Å².